The number of allylic oxidation sites excluding steroid dienone is 16. The van der Waals surface area contributed by atoms with Crippen LogP contribution >= 0.6 is 0 Å². The molecule has 0 aliphatic carbocycles. The van der Waals surface area contributed by atoms with Gasteiger partial charge in [0.1, 0.15) is 13.2 Å². The predicted molar refractivity (Wildman–Crippen MR) is 325 cm³/mol. The molecule has 0 aromatic carbocycles. The van der Waals surface area contributed by atoms with Crippen LogP contribution in [0, 0.1) is 0 Å². The maximum Gasteiger partial charge on any atom is 0.306 e. The first-order valence-corrected chi connectivity index (χ1v) is 31.7. The maximum absolute atomic E-state index is 12.9. The van der Waals surface area contributed by atoms with Crippen molar-refractivity contribution in [2.24, 2.45) is 0 Å². The average Bonchev–Trinajstić information content (AvgIpc) is 3.41. The van der Waals surface area contributed by atoms with Gasteiger partial charge in [0.15, 0.2) is 6.10 Å². The lowest BCUT2D eigenvalue weighted by Gasteiger charge is -2.18. The SMILES string of the molecule is CC/C=C\C/C=C\C/C=C\C/C=C\C/C=C\C/C=C\CCCCCCCCC(=O)OCC(COC(=O)CCCCCCC/C=C\C/C=C\CCCCC)OC(=O)CCCCCCCCCCCCCCCCCCC. The van der Waals surface area contributed by atoms with Crippen molar-refractivity contribution in [3.05, 3.63) is 97.2 Å². The largest absolute Gasteiger partial charge is 0.462 e. The highest BCUT2D eigenvalue weighted by Crippen LogP contribution is 2.16. The minimum atomic E-state index is -0.790. The Hall–Kier alpha value is -3.67. The van der Waals surface area contributed by atoms with Crippen LogP contribution in [0.15, 0.2) is 97.2 Å². The van der Waals surface area contributed by atoms with E-state index in [1.54, 1.807) is 0 Å². The van der Waals surface area contributed by atoms with Crippen LogP contribution < -0.4 is 0 Å². The van der Waals surface area contributed by atoms with Crippen molar-refractivity contribution in [2.75, 3.05) is 13.2 Å². The Morgan fingerprint density at radius 1 is 0.280 bits per heavy atom. The van der Waals surface area contributed by atoms with Gasteiger partial charge in [-0.15, -0.1) is 0 Å². The highest BCUT2D eigenvalue weighted by atomic mass is 16.6. The van der Waals surface area contributed by atoms with E-state index in [-0.39, 0.29) is 31.1 Å². The molecular formula is C69H118O6. The summed E-state index contributed by atoms with van der Waals surface area (Å²) in [6, 6.07) is 0. The number of hydrogen-bond acceptors (Lipinski definition) is 6. The molecule has 0 amide bonds. The first-order chi connectivity index (χ1) is 37.0. The van der Waals surface area contributed by atoms with Crippen molar-refractivity contribution < 1.29 is 28.6 Å². The first kappa shape index (κ1) is 71.3. The van der Waals surface area contributed by atoms with Crippen molar-refractivity contribution >= 4 is 17.9 Å². The van der Waals surface area contributed by atoms with Gasteiger partial charge in [0.05, 0.1) is 0 Å². The molecule has 1 unspecified atom stereocenters. The second kappa shape index (κ2) is 62.9. The van der Waals surface area contributed by atoms with E-state index in [4.69, 9.17) is 14.2 Å². The quantitative estimate of drug-likeness (QED) is 0.0261. The highest BCUT2D eigenvalue weighted by Gasteiger charge is 2.19. The van der Waals surface area contributed by atoms with Crippen LogP contribution in [0.25, 0.3) is 0 Å². The van der Waals surface area contributed by atoms with Gasteiger partial charge in [-0.25, -0.2) is 0 Å². The molecule has 430 valence electrons. The molecule has 0 aliphatic rings. The van der Waals surface area contributed by atoms with Crippen LogP contribution in [0.5, 0.6) is 0 Å². The van der Waals surface area contributed by atoms with E-state index in [1.165, 1.54) is 135 Å². The molecule has 1 atom stereocenters. The Bertz CT molecular complexity index is 1480. The molecule has 0 N–H and O–H groups in total. The molecule has 0 bridgehead atoms. The summed E-state index contributed by atoms with van der Waals surface area (Å²) in [7, 11) is 0. The van der Waals surface area contributed by atoms with Gasteiger partial charge in [-0.05, 0) is 103 Å². The third-order valence-electron chi connectivity index (χ3n) is 13.6. The second-order valence-electron chi connectivity index (χ2n) is 20.9. The smallest absolute Gasteiger partial charge is 0.306 e. The molecule has 0 aromatic heterocycles. The molecule has 0 heterocycles. The fraction of sp³-hybridized carbons (Fsp3) is 0.725. The van der Waals surface area contributed by atoms with Crippen molar-refractivity contribution in [3.63, 3.8) is 0 Å². The van der Waals surface area contributed by atoms with Crippen LogP contribution in [-0.2, 0) is 28.6 Å². The van der Waals surface area contributed by atoms with Crippen LogP contribution in [0.3, 0.4) is 0 Å². The maximum atomic E-state index is 12.9. The number of hydrogen-bond donors (Lipinski definition) is 0. The van der Waals surface area contributed by atoms with Crippen LogP contribution in [0.2, 0.25) is 0 Å². The van der Waals surface area contributed by atoms with Crippen LogP contribution in [0.1, 0.15) is 303 Å². The highest BCUT2D eigenvalue weighted by molar-refractivity contribution is 5.71. The minimum Gasteiger partial charge on any atom is -0.462 e. The molecule has 0 aliphatic heterocycles. The molecule has 0 fully saturated rings. The van der Waals surface area contributed by atoms with Crippen LogP contribution in [0.4, 0.5) is 0 Å². The molecule has 6 nitrogen and oxygen atoms in total. The van der Waals surface area contributed by atoms with E-state index < -0.39 is 6.10 Å². The number of unbranched alkanes of at least 4 members (excludes halogenated alkanes) is 30. The van der Waals surface area contributed by atoms with Gasteiger partial charge in [-0.3, -0.25) is 14.4 Å². The number of ether oxygens (including phenoxy) is 3. The summed E-state index contributed by atoms with van der Waals surface area (Å²) in [4.78, 5) is 38.3. The zero-order chi connectivity index (χ0) is 54.3. The minimum absolute atomic E-state index is 0.0876. The third kappa shape index (κ3) is 61.1. The standard InChI is InChI=1S/C69H118O6/c1-4-7-10-13-16-19-22-25-28-30-31-32-33-34-35-36-37-39-41-44-47-50-53-56-59-62-68(71)74-65-66(64-73-67(70)61-58-55-52-49-46-43-40-27-24-21-18-15-12-9-6-3)75-69(72)63-60-57-54-51-48-45-42-38-29-26-23-20-17-14-11-8-5-2/h7,10,16,18-19,21,25,27-28,31-32,34-35,37,39-40,66H,4-6,8-9,11-15,17,20,22-24,26,29-30,33,36,38,41-65H2,1-3H3/b10-7-,19-16-,21-18-,28-25-,32-31-,35-34-,39-37-,40-27-. The Morgan fingerprint density at radius 2 is 0.520 bits per heavy atom. The number of carbonyl (C=O) groups is 3. The van der Waals surface area contributed by atoms with E-state index in [0.717, 1.165) is 128 Å². The molecule has 0 spiro atoms. The van der Waals surface area contributed by atoms with Crippen molar-refractivity contribution in [1.82, 2.24) is 0 Å². The van der Waals surface area contributed by atoms with Gasteiger partial charge >= 0.3 is 17.9 Å². The fourth-order valence-corrected chi connectivity index (χ4v) is 8.83. The third-order valence-corrected chi connectivity index (χ3v) is 13.6. The monoisotopic (exact) mass is 1040 g/mol. The molecule has 0 saturated carbocycles. The Kier molecular flexibility index (Phi) is 59.8. The summed E-state index contributed by atoms with van der Waals surface area (Å²) in [6.45, 7) is 6.51. The zero-order valence-electron chi connectivity index (χ0n) is 49.3. The van der Waals surface area contributed by atoms with E-state index >= 15 is 0 Å². The van der Waals surface area contributed by atoms with Gasteiger partial charge in [0.25, 0.3) is 0 Å². The Morgan fingerprint density at radius 3 is 0.840 bits per heavy atom. The van der Waals surface area contributed by atoms with Crippen molar-refractivity contribution in [1.29, 1.82) is 0 Å². The van der Waals surface area contributed by atoms with Gasteiger partial charge < -0.3 is 14.2 Å². The van der Waals surface area contributed by atoms with E-state index in [1.807, 2.05) is 0 Å². The summed E-state index contributed by atoms with van der Waals surface area (Å²) in [5.41, 5.74) is 0. The van der Waals surface area contributed by atoms with Crippen LogP contribution in [-0.4, -0.2) is 37.2 Å². The van der Waals surface area contributed by atoms with E-state index in [9.17, 15) is 14.4 Å². The molecule has 0 radical (unpaired) electrons. The average molecular weight is 1040 g/mol. The second-order valence-corrected chi connectivity index (χ2v) is 20.9. The van der Waals surface area contributed by atoms with Crippen molar-refractivity contribution in [3.8, 4) is 0 Å². The van der Waals surface area contributed by atoms with E-state index in [0.29, 0.717) is 19.3 Å². The molecule has 6 heteroatoms. The fourth-order valence-electron chi connectivity index (χ4n) is 8.83. The predicted octanol–water partition coefficient (Wildman–Crippen LogP) is 21.7. The summed E-state index contributed by atoms with van der Waals surface area (Å²) >= 11 is 0. The lowest BCUT2D eigenvalue weighted by Crippen LogP contribution is -2.30. The lowest BCUT2D eigenvalue weighted by molar-refractivity contribution is -0.167. The normalized spacial score (nSPS) is 12.7. The molecular weight excluding hydrogens is 925 g/mol. The lowest BCUT2D eigenvalue weighted by atomic mass is 10.0. The number of esters is 3. The molecule has 0 rings (SSSR count). The summed E-state index contributed by atoms with van der Waals surface area (Å²) in [5.74, 6) is -0.903. The number of carbonyl (C=O) groups excluding carboxylic acids is 3. The Balaban J connectivity index is 4.39. The van der Waals surface area contributed by atoms with Crippen molar-refractivity contribution in [2.45, 2.75) is 309 Å². The summed E-state index contributed by atoms with van der Waals surface area (Å²) in [5, 5.41) is 0. The molecule has 0 aromatic rings. The van der Waals surface area contributed by atoms with Gasteiger partial charge in [-0.1, -0.05) is 279 Å². The topological polar surface area (TPSA) is 78.9 Å². The van der Waals surface area contributed by atoms with Gasteiger partial charge in [0.2, 0.25) is 0 Å². The first-order valence-electron chi connectivity index (χ1n) is 31.7. The zero-order valence-corrected chi connectivity index (χ0v) is 49.3. The molecule has 0 saturated heterocycles. The Labute approximate surface area is 464 Å². The van der Waals surface area contributed by atoms with E-state index in [2.05, 4.69) is 118 Å². The van der Waals surface area contributed by atoms with Gasteiger partial charge in [-0.2, -0.15) is 0 Å². The molecule has 75 heavy (non-hydrogen) atoms. The summed E-state index contributed by atoms with van der Waals surface area (Å²) < 4.78 is 16.9. The summed E-state index contributed by atoms with van der Waals surface area (Å²) in [6.07, 6.45) is 84.0. The number of rotatable bonds is 57. The van der Waals surface area contributed by atoms with Gasteiger partial charge in [0, 0.05) is 19.3 Å².